The molecule has 0 fully saturated rings. The second kappa shape index (κ2) is 8.98. The summed E-state index contributed by atoms with van der Waals surface area (Å²) in [6.07, 6.45) is 6.19. The molecular formula is C32H34O. The van der Waals surface area contributed by atoms with E-state index < -0.39 is 0 Å². The van der Waals surface area contributed by atoms with E-state index in [-0.39, 0.29) is 17.1 Å². The number of rotatable bonds is 3. The SMILES string of the molecule is C=C1c2ccccc2C(=O)C1Cc1ccc2c(c1)C(C)(C)c1cc(/C=C/C)ccc1-2.CCC. The van der Waals surface area contributed by atoms with E-state index in [1.807, 2.05) is 24.3 Å². The molecule has 0 N–H and O–H groups in total. The number of fused-ring (bicyclic) bond motifs is 4. The van der Waals surface area contributed by atoms with Crippen LogP contribution in [0.5, 0.6) is 0 Å². The molecule has 0 aliphatic heterocycles. The summed E-state index contributed by atoms with van der Waals surface area (Å²) in [5, 5.41) is 0. The predicted molar refractivity (Wildman–Crippen MR) is 142 cm³/mol. The minimum absolute atomic E-state index is 0.0576. The molecule has 3 aromatic carbocycles. The molecule has 0 saturated heterocycles. The molecule has 168 valence electrons. The zero-order chi connectivity index (χ0) is 23.8. The molecular weight excluding hydrogens is 400 g/mol. The molecule has 5 rings (SSSR count). The van der Waals surface area contributed by atoms with Crippen molar-refractivity contribution in [1.29, 1.82) is 0 Å². The fraction of sp³-hybridized carbons (Fsp3) is 0.281. The van der Waals surface area contributed by atoms with Gasteiger partial charge in [-0.15, -0.1) is 0 Å². The number of carbonyl (C=O) groups excluding carboxylic acids is 1. The van der Waals surface area contributed by atoms with Crippen molar-refractivity contribution in [2.75, 3.05) is 0 Å². The van der Waals surface area contributed by atoms with Crippen molar-refractivity contribution in [3.05, 3.63) is 107 Å². The van der Waals surface area contributed by atoms with Gasteiger partial charge in [-0.25, -0.2) is 0 Å². The number of Topliss-reactive ketones (excluding diaryl/α,β-unsaturated/α-hetero) is 1. The maximum atomic E-state index is 13.0. The lowest BCUT2D eigenvalue weighted by molar-refractivity contribution is 0.0958. The van der Waals surface area contributed by atoms with Crippen LogP contribution in [-0.2, 0) is 11.8 Å². The molecule has 33 heavy (non-hydrogen) atoms. The normalized spacial score (nSPS) is 17.4. The van der Waals surface area contributed by atoms with Crippen molar-refractivity contribution < 1.29 is 4.79 Å². The smallest absolute Gasteiger partial charge is 0.171 e. The Balaban J connectivity index is 0.000000821. The molecule has 1 nitrogen and oxygen atoms in total. The first kappa shape index (κ1) is 23.0. The maximum absolute atomic E-state index is 13.0. The Bertz CT molecular complexity index is 1220. The molecule has 1 heteroatoms. The first-order chi connectivity index (χ1) is 15.8. The second-order valence-corrected chi connectivity index (χ2v) is 9.71. The van der Waals surface area contributed by atoms with Crippen molar-refractivity contribution in [2.24, 2.45) is 5.92 Å². The van der Waals surface area contributed by atoms with E-state index in [0.717, 1.165) is 16.7 Å². The van der Waals surface area contributed by atoms with Gasteiger partial charge in [-0.3, -0.25) is 4.79 Å². The molecule has 0 aromatic heterocycles. The third-order valence-corrected chi connectivity index (χ3v) is 6.84. The number of allylic oxidation sites excluding steroid dienone is 2. The van der Waals surface area contributed by atoms with Crippen LogP contribution in [0.1, 0.15) is 79.2 Å². The van der Waals surface area contributed by atoms with Crippen LogP contribution in [0.25, 0.3) is 22.8 Å². The fourth-order valence-electron chi connectivity index (χ4n) is 5.19. The Morgan fingerprint density at radius 1 is 0.879 bits per heavy atom. The van der Waals surface area contributed by atoms with Crippen LogP contribution in [0.2, 0.25) is 0 Å². The van der Waals surface area contributed by atoms with E-state index in [1.54, 1.807) is 0 Å². The van der Waals surface area contributed by atoms with Gasteiger partial charge in [0.05, 0.1) is 5.92 Å². The Morgan fingerprint density at radius 3 is 2.12 bits per heavy atom. The third kappa shape index (κ3) is 3.91. The Morgan fingerprint density at radius 2 is 1.48 bits per heavy atom. The van der Waals surface area contributed by atoms with Crippen molar-refractivity contribution in [1.82, 2.24) is 0 Å². The molecule has 0 heterocycles. The van der Waals surface area contributed by atoms with Gasteiger partial charge >= 0.3 is 0 Å². The number of ketones is 1. The van der Waals surface area contributed by atoms with Crippen molar-refractivity contribution in [3.63, 3.8) is 0 Å². The summed E-state index contributed by atoms with van der Waals surface area (Å²) in [5.41, 5.74) is 10.5. The molecule has 0 saturated carbocycles. The summed E-state index contributed by atoms with van der Waals surface area (Å²) in [4.78, 5) is 13.0. The molecule has 0 bridgehead atoms. The zero-order valence-corrected chi connectivity index (χ0v) is 20.5. The highest BCUT2D eigenvalue weighted by Crippen LogP contribution is 2.49. The molecule has 1 unspecified atom stereocenters. The van der Waals surface area contributed by atoms with Gasteiger partial charge in [0, 0.05) is 11.0 Å². The summed E-state index contributed by atoms with van der Waals surface area (Å²) in [6, 6.07) is 21.3. The van der Waals surface area contributed by atoms with E-state index in [2.05, 4.69) is 89.7 Å². The Labute approximate surface area is 198 Å². The van der Waals surface area contributed by atoms with Gasteiger partial charge in [-0.05, 0) is 57.9 Å². The van der Waals surface area contributed by atoms with Crippen LogP contribution in [0.15, 0.2) is 73.3 Å². The van der Waals surface area contributed by atoms with Crippen LogP contribution in [0.3, 0.4) is 0 Å². The van der Waals surface area contributed by atoms with Gasteiger partial charge in [0.25, 0.3) is 0 Å². The second-order valence-electron chi connectivity index (χ2n) is 9.71. The molecule has 0 radical (unpaired) electrons. The highest BCUT2D eigenvalue weighted by molar-refractivity contribution is 6.13. The van der Waals surface area contributed by atoms with E-state index in [1.165, 1.54) is 39.8 Å². The fourth-order valence-corrected chi connectivity index (χ4v) is 5.19. The van der Waals surface area contributed by atoms with Gasteiger partial charge in [0.1, 0.15) is 0 Å². The van der Waals surface area contributed by atoms with Gasteiger partial charge in [-0.1, -0.05) is 114 Å². The standard InChI is InChI=1S/C29H26O.C3H8/c1-5-8-19-11-13-22-23-14-12-20(17-27(23)29(3,4)26(22)16-19)15-25-18(2)21-9-6-7-10-24(21)28(25)30;1-3-2/h5-14,16-17,25H,2,15H2,1,3-4H3;3H2,1-2H3/b8-5+;. The Hall–Kier alpha value is -3.19. The lowest BCUT2D eigenvalue weighted by Gasteiger charge is -2.22. The van der Waals surface area contributed by atoms with Crippen molar-refractivity contribution >= 4 is 17.4 Å². The molecule has 2 aliphatic carbocycles. The van der Waals surface area contributed by atoms with E-state index in [9.17, 15) is 4.79 Å². The average Bonchev–Trinajstić information content (AvgIpc) is 3.18. The average molecular weight is 435 g/mol. The van der Waals surface area contributed by atoms with Crippen LogP contribution < -0.4 is 0 Å². The minimum Gasteiger partial charge on any atom is -0.293 e. The molecule has 0 spiro atoms. The van der Waals surface area contributed by atoms with E-state index >= 15 is 0 Å². The lowest BCUT2D eigenvalue weighted by Crippen LogP contribution is -2.16. The number of hydrogen-bond donors (Lipinski definition) is 0. The van der Waals surface area contributed by atoms with Crippen LogP contribution in [-0.4, -0.2) is 5.78 Å². The molecule has 1 atom stereocenters. The first-order valence-corrected chi connectivity index (χ1v) is 12.1. The number of benzene rings is 3. The first-order valence-electron chi connectivity index (χ1n) is 12.1. The van der Waals surface area contributed by atoms with Crippen molar-refractivity contribution in [2.45, 2.75) is 52.9 Å². The van der Waals surface area contributed by atoms with E-state index in [4.69, 9.17) is 0 Å². The molecule has 2 aliphatic rings. The Kier molecular flexibility index (Phi) is 6.26. The lowest BCUT2D eigenvalue weighted by atomic mass is 9.80. The topological polar surface area (TPSA) is 17.1 Å². The molecule has 0 amide bonds. The summed E-state index contributed by atoms with van der Waals surface area (Å²) >= 11 is 0. The van der Waals surface area contributed by atoms with Gasteiger partial charge in [0.2, 0.25) is 0 Å². The maximum Gasteiger partial charge on any atom is 0.171 e. The summed E-state index contributed by atoms with van der Waals surface area (Å²) < 4.78 is 0. The summed E-state index contributed by atoms with van der Waals surface area (Å²) in [6.45, 7) is 15.2. The largest absolute Gasteiger partial charge is 0.293 e. The predicted octanol–water partition coefficient (Wildman–Crippen LogP) is 8.51. The van der Waals surface area contributed by atoms with Crippen LogP contribution in [0, 0.1) is 5.92 Å². The third-order valence-electron chi connectivity index (χ3n) is 6.84. The number of hydrogen-bond acceptors (Lipinski definition) is 1. The summed E-state index contributed by atoms with van der Waals surface area (Å²) in [7, 11) is 0. The van der Waals surface area contributed by atoms with Crippen molar-refractivity contribution in [3.8, 4) is 11.1 Å². The highest BCUT2D eigenvalue weighted by atomic mass is 16.1. The summed E-state index contributed by atoms with van der Waals surface area (Å²) in [5.74, 6) is 0.0447. The number of carbonyl (C=O) groups is 1. The van der Waals surface area contributed by atoms with Crippen LogP contribution in [0.4, 0.5) is 0 Å². The monoisotopic (exact) mass is 434 g/mol. The van der Waals surface area contributed by atoms with Gasteiger partial charge < -0.3 is 0 Å². The zero-order valence-electron chi connectivity index (χ0n) is 20.5. The molecule has 3 aromatic rings. The van der Waals surface area contributed by atoms with E-state index in [0.29, 0.717) is 6.42 Å². The quantitative estimate of drug-likeness (QED) is 0.404. The van der Waals surface area contributed by atoms with Gasteiger partial charge in [0.15, 0.2) is 5.78 Å². The van der Waals surface area contributed by atoms with Crippen LogP contribution >= 0.6 is 0 Å². The minimum atomic E-state index is -0.159. The highest BCUT2D eigenvalue weighted by Gasteiger charge is 2.37. The van der Waals surface area contributed by atoms with Gasteiger partial charge in [-0.2, -0.15) is 0 Å².